The van der Waals surface area contributed by atoms with Crippen LogP contribution in [-0.2, 0) is 6.54 Å². The number of rotatable bonds is 2. The highest BCUT2D eigenvalue weighted by Gasteiger charge is 2.19. The molecule has 17 heavy (non-hydrogen) atoms. The van der Waals surface area contributed by atoms with Crippen LogP contribution in [-0.4, -0.2) is 0 Å². The van der Waals surface area contributed by atoms with E-state index in [-0.39, 0.29) is 0 Å². The molecule has 0 N–H and O–H groups in total. The number of nitrogens with zero attached hydrogens (tertiary/aromatic N) is 1. The fourth-order valence-electron chi connectivity index (χ4n) is 1.94. The van der Waals surface area contributed by atoms with Gasteiger partial charge in [-0.15, -0.1) is 4.57 Å². The summed E-state index contributed by atoms with van der Waals surface area (Å²) < 4.78 is 7.66. The van der Waals surface area contributed by atoms with Crippen molar-refractivity contribution in [3.63, 3.8) is 0 Å². The third kappa shape index (κ3) is 1.94. The largest absolute Gasteiger partial charge is 0.409 e. The first kappa shape index (κ1) is 10.4. The Balaban J connectivity index is 2.08. The summed E-state index contributed by atoms with van der Waals surface area (Å²) in [6.07, 6.45) is 0. The molecule has 1 heterocycles. The summed E-state index contributed by atoms with van der Waals surface area (Å²) in [5, 5.41) is 0.634. The Hall–Kier alpha value is -1.74. The summed E-state index contributed by atoms with van der Waals surface area (Å²) in [6, 6.07) is 18.3. The Labute approximate surface area is 105 Å². The van der Waals surface area contributed by atoms with Gasteiger partial charge in [-0.3, -0.25) is 0 Å². The van der Waals surface area contributed by atoms with Crippen molar-refractivity contribution in [3.05, 3.63) is 60.2 Å². The second-order valence-corrected chi connectivity index (χ2v) is 4.31. The van der Waals surface area contributed by atoms with Crippen molar-refractivity contribution >= 4 is 23.7 Å². The van der Waals surface area contributed by atoms with Crippen molar-refractivity contribution < 1.29 is 8.98 Å². The van der Waals surface area contributed by atoms with Crippen molar-refractivity contribution in [2.45, 2.75) is 11.8 Å². The molecule has 84 valence electrons. The lowest BCUT2D eigenvalue weighted by atomic mass is 10.2. The van der Waals surface area contributed by atoms with E-state index in [1.54, 1.807) is 0 Å². The van der Waals surface area contributed by atoms with Gasteiger partial charge in [0.25, 0.3) is 5.52 Å². The Kier molecular flexibility index (Phi) is 2.61. The van der Waals surface area contributed by atoms with Crippen LogP contribution in [0.1, 0.15) is 5.56 Å². The lowest BCUT2D eigenvalue weighted by Crippen LogP contribution is -2.34. The van der Waals surface area contributed by atoms with E-state index in [0.717, 1.165) is 17.6 Å². The highest BCUT2D eigenvalue weighted by molar-refractivity contribution is 7.79. The van der Waals surface area contributed by atoms with E-state index in [1.807, 2.05) is 42.5 Å². The molecule has 0 amide bonds. The molecule has 0 saturated heterocycles. The molecule has 0 fully saturated rings. The molecule has 2 nitrogen and oxygen atoms in total. The highest BCUT2D eigenvalue weighted by atomic mass is 32.1. The molecule has 3 heteroatoms. The zero-order valence-corrected chi connectivity index (χ0v) is 10.1. The number of hydrogen-bond donors (Lipinski definition) is 1. The zero-order valence-electron chi connectivity index (χ0n) is 9.21. The number of fused-ring (bicyclic) bond motifs is 1. The molecule has 0 aliphatic carbocycles. The van der Waals surface area contributed by atoms with Crippen LogP contribution >= 0.6 is 12.6 Å². The summed E-state index contributed by atoms with van der Waals surface area (Å²) in [5.41, 5.74) is 3.18. The Bertz CT molecular complexity index is 646. The number of thiol groups is 1. The number of aromatic nitrogens is 1. The van der Waals surface area contributed by atoms with Gasteiger partial charge < -0.3 is 4.42 Å². The molecule has 0 aliphatic rings. The van der Waals surface area contributed by atoms with Gasteiger partial charge in [0.2, 0.25) is 5.58 Å². The van der Waals surface area contributed by atoms with E-state index >= 15 is 0 Å². The average molecular weight is 242 g/mol. The van der Waals surface area contributed by atoms with E-state index in [0.29, 0.717) is 5.22 Å². The van der Waals surface area contributed by atoms with Crippen LogP contribution in [0.15, 0.2) is 64.2 Å². The van der Waals surface area contributed by atoms with Crippen molar-refractivity contribution in [1.29, 1.82) is 0 Å². The number of oxazole rings is 1. The molecule has 0 radical (unpaired) electrons. The maximum absolute atomic E-state index is 5.60. The summed E-state index contributed by atoms with van der Waals surface area (Å²) >= 11 is 4.38. The third-order valence-electron chi connectivity index (χ3n) is 2.77. The van der Waals surface area contributed by atoms with Gasteiger partial charge >= 0.3 is 5.22 Å². The monoisotopic (exact) mass is 242 g/mol. The molecule has 0 saturated carbocycles. The summed E-state index contributed by atoms with van der Waals surface area (Å²) in [4.78, 5) is 0. The molecule has 0 unspecified atom stereocenters. The van der Waals surface area contributed by atoms with Crippen molar-refractivity contribution in [1.82, 2.24) is 0 Å². The van der Waals surface area contributed by atoms with Gasteiger partial charge in [-0.1, -0.05) is 42.5 Å². The fourth-order valence-corrected chi connectivity index (χ4v) is 2.22. The fraction of sp³-hybridized carbons (Fsp3) is 0.0714. The van der Waals surface area contributed by atoms with E-state index < -0.39 is 0 Å². The quantitative estimate of drug-likeness (QED) is 0.540. The third-order valence-corrected chi connectivity index (χ3v) is 3.10. The van der Waals surface area contributed by atoms with E-state index in [1.165, 1.54) is 5.56 Å². The summed E-state index contributed by atoms with van der Waals surface area (Å²) in [7, 11) is 0. The van der Waals surface area contributed by atoms with Crippen LogP contribution in [0, 0.1) is 0 Å². The molecule has 0 atom stereocenters. The predicted molar refractivity (Wildman–Crippen MR) is 69.2 cm³/mol. The maximum atomic E-state index is 5.60. The maximum Gasteiger partial charge on any atom is 0.409 e. The van der Waals surface area contributed by atoms with Crippen molar-refractivity contribution in [2.75, 3.05) is 0 Å². The van der Waals surface area contributed by atoms with Gasteiger partial charge in [-0.05, 0) is 18.7 Å². The molecule has 3 aromatic rings. The van der Waals surface area contributed by atoms with Gasteiger partial charge in [0.1, 0.15) is 0 Å². The van der Waals surface area contributed by atoms with Crippen LogP contribution < -0.4 is 4.57 Å². The molecule has 0 aliphatic heterocycles. The standard InChI is InChI=1S/C14H11NOS/c17-14-15(10-11-6-2-1-3-7-11)12-8-4-5-9-13(12)16-14/h1-9H,10H2/p+1. The summed E-state index contributed by atoms with van der Waals surface area (Å²) in [6.45, 7) is 0.774. The average Bonchev–Trinajstić information content (AvgIpc) is 2.68. The van der Waals surface area contributed by atoms with Gasteiger partial charge in [-0.25, -0.2) is 0 Å². The Morgan fingerprint density at radius 1 is 0.941 bits per heavy atom. The topological polar surface area (TPSA) is 17.0 Å². The van der Waals surface area contributed by atoms with Crippen molar-refractivity contribution in [2.24, 2.45) is 0 Å². The lowest BCUT2D eigenvalue weighted by molar-refractivity contribution is -0.707. The van der Waals surface area contributed by atoms with Gasteiger partial charge in [0.15, 0.2) is 6.54 Å². The van der Waals surface area contributed by atoms with Crippen LogP contribution in [0.4, 0.5) is 0 Å². The van der Waals surface area contributed by atoms with E-state index in [4.69, 9.17) is 4.42 Å². The van der Waals surface area contributed by atoms with Crippen LogP contribution in [0.5, 0.6) is 0 Å². The molecular weight excluding hydrogens is 230 g/mol. The molecular formula is C14H12NOS+. The Morgan fingerprint density at radius 3 is 2.47 bits per heavy atom. The Morgan fingerprint density at radius 2 is 1.65 bits per heavy atom. The minimum absolute atomic E-state index is 0.634. The predicted octanol–water partition coefficient (Wildman–Crippen LogP) is 3.06. The van der Waals surface area contributed by atoms with Gasteiger partial charge in [0, 0.05) is 11.6 Å². The second-order valence-electron chi connectivity index (χ2n) is 3.92. The first-order chi connectivity index (χ1) is 8.34. The minimum Gasteiger partial charge on any atom is -0.393 e. The molecule has 2 aromatic carbocycles. The number of benzene rings is 2. The molecule has 0 bridgehead atoms. The molecule has 0 spiro atoms. The number of hydrogen-bond acceptors (Lipinski definition) is 2. The van der Waals surface area contributed by atoms with Crippen LogP contribution in [0.3, 0.4) is 0 Å². The first-order valence-corrected chi connectivity index (χ1v) is 5.93. The number of para-hydroxylation sites is 2. The highest BCUT2D eigenvalue weighted by Crippen LogP contribution is 2.16. The molecule has 1 aromatic heterocycles. The lowest BCUT2D eigenvalue weighted by Gasteiger charge is -1.95. The van der Waals surface area contributed by atoms with Gasteiger partial charge in [-0.2, -0.15) is 0 Å². The summed E-state index contributed by atoms with van der Waals surface area (Å²) in [5.74, 6) is 0. The van der Waals surface area contributed by atoms with Crippen LogP contribution in [0.2, 0.25) is 0 Å². The minimum atomic E-state index is 0.634. The zero-order chi connectivity index (χ0) is 11.7. The van der Waals surface area contributed by atoms with Crippen LogP contribution in [0.25, 0.3) is 11.1 Å². The second kappa shape index (κ2) is 4.26. The SMILES string of the molecule is Sc1oc2ccccc2[n+]1Cc1ccccc1. The molecule has 3 rings (SSSR count). The normalized spacial score (nSPS) is 10.9. The first-order valence-electron chi connectivity index (χ1n) is 5.49. The van der Waals surface area contributed by atoms with E-state index in [9.17, 15) is 0 Å². The smallest absolute Gasteiger partial charge is 0.393 e. The van der Waals surface area contributed by atoms with Crippen molar-refractivity contribution in [3.8, 4) is 0 Å². The van der Waals surface area contributed by atoms with E-state index in [2.05, 4.69) is 29.3 Å². The van der Waals surface area contributed by atoms with Gasteiger partial charge in [0.05, 0.1) is 0 Å².